The molecule has 1 unspecified atom stereocenters. The van der Waals surface area contributed by atoms with Crippen LogP contribution in [0.2, 0.25) is 0 Å². The maximum absolute atomic E-state index is 4.41. The van der Waals surface area contributed by atoms with Crippen molar-refractivity contribution in [1.29, 1.82) is 0 Å². The fourth-order valence-electron chi connectivity index (χ4n) is 1.70. The minimum absolute atomic E-state index is 0.00861. The van der Waals surface area contributed by atoms with Gasteiger partial charge < -0.3 is 5.32 Å². The van der Waals surface area contributed by atoms with Crippen LogP contribution in [0, 0.1) is 6.92 Å². The van der Waals surface area contributed by atoms with Gasteiger partial charge in [0.25, 0.3) is 0 Å². The molecule has 1 atom stereocenters. The molecule has 0 aromatic carbocycles. The van der Waals surface area contributed by atoms with Crippen LogP contribution in [0.4, 0.5) is 0 Å². The molecule has 2 aromatic rings. The van der Waals surface area contributed by atoms with E-state index in [2.05, 4.69) is 27.3 Å². The number of hydrogen-bond acceptors (Lipinski definition) is 4. The highest BCUT2D eigenvalue weighted by Crippen LogP contribution is 2.17. The Morgan fingerprint density at radius 3 is 2.65 bits per heavy atom. The van der Waals surface area contributed by atoms with Gasteiger partial charge in [0.2, 0.25) is 0 Å². The summed E-state index contributed by atoms with van der Waals surface area (Å²) in [6, 6.07) is 2.00. The van der Waals surface area contributed by atoms with E-state index >= 15 is 0 Å². The van der Waals surface area contributed by atoms with E-state index in [1.807, 2.05) is 26.2 Å². The number of aromatic nitrogens is 4. The monoisotopic (exact) mass is 231 g/mol. The Hall–Kier alpha value is -1.75. The molecule has 0 amide bonds. The molecule has 90 valence electrons. The zero-order valence-corrected chi connectivity index (χ0v) is 10.4. The van der Waals surface area contributed by atoms with Crippen molar-refractivity contribution in [2.45, 2.75) is 19.9 Å². The summed E-state index contributed by atoms with van der Waals surface area (Å²) in [7, 11) is 1.91. The minimum Gasteiger partial charge on any atom is -0.304 e. The van der Waals surface area contributed by atoms with Gasteiger partial charge in [0, 0.05) is 19.4 Å². The molecule has 0 saturated carbocycles. The molecular formula is C12H17N5. The standard InChI is InChI=1S/C12H17N5/c1-4-13-12(10-5-6-17(3)16-10)11-8-14-9(2)7-15-11/h5-8,12-13H,4H2,1-3H3. The van der Waals surface area contributed by atoms with E-state index in [4.69, 9.17) is 0 Å². The van der Waals surface area contributed by atoms with Crippen LogP contribution in [0.3, 0.4) is 0 Å². The van der Waals surface area contributed by atoms with Gasteiger partial charge in [-0.25, -0.2) is 0 Å². The smallest absolute Gasteiger partial charge is 0.0959 e. The van der Waals surface area contributed by atoms with Gasteiger partial charge >= 0.3 is 0 Å². The molecule has 2 rings (SSSR count). The van der Waals surface area contributed by atoms with Crippen molar-refractivity contribution in [3.63, 3.8) is 0 Å². The predicted molar refractivity (Wildman–Crippen MR) is 65.5 cm³/mol. The molecule has 1 N–H and O–H groups in total. The van der Waals surface area contributed by atoms with Crippen molar-refractivity contribution in [2.24, 2.45) is 7.05 Å². The van der Waals surface area contributed by atoms with E-state index in [1.165, 1.54) is 0 Å². The van der Waals surface area contributed by atoms with Crippen molar-refractivity contribution in [3.8, 4) is 0 Å². The van der Waals surface area contributed by atoms with E-state index in [1.54, 1.807) is 17.1 Å². The van der Waals surface area contributed by atoms with Crippen LogP contribution >= 0.6 is 0 Å². The van der Waals surface area contributed by atoms with Crippen molar-refractivity contribution >= 4 is 0 Å². The lowest BCUT2D eigenvalue weighted by molar-refractivity contribution is 0.584. The highest BCUT2D eigenvalue weighted by atomic mass is 15.3. The zero-order valence-electron chi connectivity index (χ0n) is 10.4. The Morgan fingerprint density at radius 2 is 2.12 bits per heavy atom. The number of nitrogens with zero attached hydrogens (tertiary/aromatic N) is 4. The molecule has 0 radical (unpaired) electrons. The van der Waals surface area contributed by atoms with Gasteiger partial charge in [-0.15, -0.1) is 0 Å². The van der Waals surface area contributed by atoms with Crippen LogP contribution in [0.15, 0.2) is 24.7 Å². The van der Waals surface area contributed by atoms with Crippen LogP contribution < -0.4 is 5.32 Å². The molecule has 0 aliphatic carbocycles. The molecule has 0 spiro atoms. The lowest BCUT2D eigenvalue weighted by atomic mass is 10.1. The quantitative estimate of drug-likeness (QED) is 0.859. The Morgan fingerprint density at radius 1 is 1.29 bits per heavy atom. The molecule has 5 heteroatoms. The fraction of sp³-hybridized carbons (Fsp3) is 0.417. The van der Waals surface area contributed by atoms with Crippen LogP contribution in [0.1, 0.15) is 30.0 Å². The number of nitrogens with one attached hydrogen (secondary N) is 1. The molecule has 2 heterocycles. The van der Waals surface area contributed by atoms with Gasteiger partial charge in [-0.2, -0.15) is 5.10 Å². The highest BCUT2D eigenvalue weighted by molar-refractivity contribution is 5.19. The van der Waals surface area contributed by atoms with Gasteiger partial charge in [-0.05, 0) is 19.5 Å². The average Bonchev–Trinajstić information content (AvgIpc) is 2.74. The van der Waals surface area contributed by atoms with Crippen molar-refractivity contribution in [1.82, 2.24) is 25.1 Å². The van der Waals surface area contributed by atoms with Crippen molar-refractivity contribution in [2.75, 3.05) is 6.54 Å². The summed E-state index contributed by atoms with van der Waals surface area (Å²) in [6.07, 6.45) is 5.52. The third-order valence-corrected chi connectivity index (χ3v) is 2.53. The molecule has 5 nitrogen and oxygen atoms in total. The molecule has 0 aliphatic heterocycles. The first-order valence-electron chi connectivity index (χ1n) is 5.72. The third-order valence-electron chi connectivity index (χ3n) is 2.53. The normalized spacial score (nSPS) is 12.6. The highest BCUT2D eigenvalue weighted by Gasteiger charge is 2.16. The molecule has 2 aromatic heterocycles. The Balaban J connectivity index is 2.31. The first kappa shape index (κ1) is 11.7. The van der Waals surface area contributed by atoms with Crippen LogP contribution in [0.25, 0.3) is 0 Å². The maximum Gasteiger partial charge on any atom is 0.0959 e. The molecule has 0 saturated heterocycles. The summed E-state index contributed by atoms with van der Waals surface area (Å²) in [5, 5.41) is 7.78. The van der Waals surface area contributed by atoms with E-state index in [-0.39, 0.29) is 6.04 Å². The topological polar surface area (TPSA) is 55.6 Å². The Kier molecular flexibility index (Phi) is 3.49. The van der Waals surface area contributed by atoms with E-state index in [0.717, 1.165) is 23.6 Å². The number of hydrogen-bond donors (Lipinski definition) is 1. The number of aryl methyl sites for hydroxylation is 2. The van der Waals surface area contributed by atoms with Crippen molar-refractivity contribution < 1.29 is 0 Å². The van der Waals surface area contributed by atoms with Gasteiger partial charge in [-0.3, -0.25) is 14.6 Å². The largest absolute Gasteiger partial charge is 0.304 e. The van der Waals surface area contributed by atoms with E-state index < -0.39 is 0 Å². The zero-order chi connectivity index (χ0) is 12.3. The SMILES string of the molecule is CCNC(c1cnc(C)cn1)c1ccn(C)n1. The van der Waals surface area contributed by atoms with Gasteiger partial charge in [0.1, 0.15) is 0 Å². The molecule has 0 bridgehead atoms. The summed E-state index contributed by atoms with van der Waals surface area (Å²) in [4.78, 5) is 8.69. The average molecular weight is 231 g/mol. The summed E-state index contributed by atoms with van der Waals surface area (Å²) in [6.45, 7) is 4.86. The molecule has 0 aliphatic rings. The number of rotatable bonds is 4. The molecule has 0 fully saturated rings. The third kappa shape index (κ3) is 2.68. The second kappa shape index (κ2) is 5.05. The minimum atomic E-state index is 0.00861. The fourth-order valence-corrected chi connectivity index (χ4v) is 1.70. The predicted octanol–water partition coefficient (Wildman–Crippen LogP) is 1.22. The molecular weight excluding hydrogens is 214 g/mol. The summed E-state index contributed by atoms with van der Waals surface area (Å²) in [5.74, 6) is 0. The first-order valence-corrected chi connectivity index (χ1v) is 5.72. The second-order valence-electron chi connectivity index (χ2n) is 3.99. The van der Waals surface area contributed by atoms with Gasteiger partial charge in [-0.1, -0.05) is 6.92 Å². The summed E-state index contributed by atoms with van der Waals surface area (Å²) < 4.78 is 1.79. The lowest BCUT2D eigenvalue weighted by Gasteiger charge is -2.14. The maximum atomic E-state index is 4.41. The first-order chi connectivity index (χ1) is 8.20. The summed E-state index contributed by atoms with van der Waals surface area (Å²) >= 11 is 0. The lowest BCUT2D eigenvalue weighted by Crippen LogP contribution is -2.23. The Bertz CT molecular complexity index is 474. The van der Waals surface area contributed by atoms with Crippen LogP contribution in [-0.2, 0) is 7.05 Å². The summed E-state index contributed by atoms with van der Waals surface area (Å²) in [5.41, 5.74) is 2.79. The van der Waals surface area contributed by atoms with Crippen LogP contribution in [-0.4, -0.2) is 26.3 Å². The second-order valence-corrected chi connectivity index (χ2v) is 3.99. The van der Waals surface area contributed by atoms with E-state index in [9.17, 15) is 0 Å². The Labute approximate surface area is 101 Å². The van der Waals surface area contributed by atoms with E-state index in [0.29, 0.717) is 0 Å². The van der Waals surface area contributed by atoms with Gasteiger partial charge in [0.15, 0.2) is 0 Å². The van der Waals surface area contributed by atoms with Crippen LogP contribution in [0.5, 0.6) is 0 Å². The van der Waals surface area contributed by atoms with Gasteiger partial charge in [0.05, 0.1) is 29.3 Å². The van der Waals surface area contributed by atoms with Crippen molar-refractivity contribution in [3.05, 3.63) is 41.7 Å². The molecule has 17 heavy (non-hydrogen) atoms.